The topological polar surface area (TPSA) is 51.7 Å². The van der Waals surface area contributed by atoms with Gasteiger partial charge in [-0.05, 0) is 62.6 Å². The van der Waals surface area contributed by atoms with Crippen LogP contribution in [-0.2, 0) is 6.61 Å². The number of benzene rings is 1. The molecule has 1 heterocycles. The fourth-order valence-corrected chi connectivity index (χ4v) is 4.89. The summed E-state index contributed by atoms with van der Waals surface area (Å²) < 4.78 is 11.4. The molecule has 0 bridgehead atoms. The number of amides is 1. The van der Waals surface area contributed by atoms with Crippen molar-refractivity contribution in [2.75, 3.05) is 7.11 Å². The van der Waals surface area contributed by atoms with Gasteiger partial charge in [-0.1, -0.05) is 13.3 Å². The zero-order valence-electron chi connectivity index (χ0n) is 17.3. The Labute approximate surface area is 177 Å². The van der Waals surface area contributed by atoms with Gasteiger partial charge in [0, 0.05) is 23.0 Å². The number of rotatable bonds is 8. The Hall–Kier alpha value is -2.08. The van der Waals surface area contributed by atoms with Crippen molar-refractivity contribution in [3.8, 4) is 11.5 Å². The fraction of sp³-hybridized carbons (Fsp3) is 0.565. The zero-order valence-corrected chi connectivity index (χ0v) is 18.1. The monoisotopic (exact) mass is 414 g/mol. The molecule has 2 aliphatic rings. The van der Waals surface area contributed by atoms with Crippen molar-refractivity contribution in [1.29, 1.82) is 0 Å². The van der Waals surface area contributed by atoms with Gasteiger partial charge in [-0.15, -0.1) is 11.3 Å². The molecule has 0 spiro atoms. The molecule has 1 aromatic heterocycles. The van der Waals surface area contributed by atoms with Crippen LogP contribution in [0.15, 0.2) is 29.1 Å². The molecular formula is C23H30N2O3S. The first-order valence-electron chi connectivity index (χ1n) is 10.7. The summed E-state index contributed by atoms with van der Waals surface area (Å²) in [6.07, 6.45) is 8.26. The van der Waals surface area contributed by atoms with Gasteiger partial charge in [0.15, 0.2) is 11.5 Å². The second kappa shape index (κ2) is 9.16. The lowest BCUT2D eigenvalue weighted by Gasteiger charge is -2.37. The van der Waals surface area contributed by atoms with Crippen LogP contribution in [0.5, 0.6) is 11.5 Å². The molecule has 2 fully saturated rings. The molecule has 0 radical (unpaired) electrons. The lowest BCUT2D eigenvalue weighted by atomic mass is 9.83. The highest BCUT2D eigenvalue weighted by Crippen LogP contribution is 2.38. The minimum atomic E-state index is 0.136. The van der Waals surface area contributed by atoms with E-state index in [1.165, 1.54) is 19.3 Å². The van der Waals surface area contributed by atoms with E-state index in [4.69, 9.17) is 9.47 Å². The summed E-state index contributed by atoms with van der Waals surface area (Å²) in [4.78, 5) is 19.8. The molecule has 156 valence electrons. The van der Waals surface area contributed by atoms with Crippen molar-refractivity contribution in [2.45, 2.75) is 70.6 Å². The molecular weight excluding hydrogens is 384 g/mol. The SMILES string of the molecule is CCC1CCC(N(C(=O)c2ccc(OCc3cscn3)c(OC)c2)C2CC2)CC1. The largest absolute Gasteiger partial charge is 0.493 e. The van der Waals surface area contributed by atoms with Crippen molar-refractivity contribution in [2.24, 2.45) is 5.92 Å². The number of methoxy groups -OCH3 is 1. The average molecular weight is 415 g/mol. The standard InChI is InChI=1S/C23H30N2O3S/c1-3-16-4-7-19(8-5-16)25(20-9-10-20)23(26)17-6-11-21(22(12-17)27-2)28-13-18-14-29-15-24-18/h6,11-12,14-16,19-20H,3-5,7-10,13H2,1-2H3. The Bertz CT molecular complexity index is 812. The van der Waals surface area contributed by atoms with Gasteiger partial charge < -0.3 is 14.4 Å². The molecule has 5 nitrogen and oxygen atoms in total. The predicted molar refractivity (Wildman–Crippen MR) is 115 cm³/mol. The van der Waals surface area contributed by atoms with E-state index in [9.17, 15) is 4.79 Å². The number of nitrogens with zero attached hydrogens (tertiary/aromatic N) is 2. The number of aromatic nitrogens is 1. The van der Waals surface area contributed by atoms with Crippen LogP contribution in [0.1, 0.15) is 67.9 Å². The summed E-state index contributed by atoms with van der Waals surface area (Å²) in [5.74, 6) is 2.20. The number of carbonyl (C=O) groups excluding carboxylic acids is 1. The highest BCUT2D eigenvalue weighted by Gasteiger charge is 2.39. The van der Waals surface area contributed by atoms with Gasteiger partial charge in [0.2, 0.25) is 0 Å². The second-order valence-corrected chi connectivity index (χ2v) is 8.88. The lowest BCUT2D eigenvalue weighted by Crippen LogP contribution is -2.43. The van der Waals surface area contributed by atoms with Crippen LogP contribution in [0, 0.1) is 5.92 Å². The first-order valence-corrected chi connectivity index (χ1v) is 11.6. The van der Waals surface area contributed by atoms with E-state index in [-0.39, 0.29) is 5.91 Å². The van der Waals surface area contributed by atoms with E-state index in [0.29, 0.717) is 35.8 Å². The molecule has 2 aliphatic carbocycles. The van der Waals surface area contributed by atoms with Crippen LogP contribution < -0.4 is 9.47 Å². The molecule has 29 heavy (non-hydrogen) atoms. The number of carbonyl (C=O) groups is 1. The van der Waals surface area contributed by atoms with Crippen LogP contribution >= 0.6 is 11.3 Å². The third-order valence-electron chi connectivity index (χ3n) is 6.23. The van der Waals surface area contributed by atoms with E-state index in [2.05, 4.69) is 16.8 Å². The third-order valence-corrected chi connectivity index (χ3v) is 6.87. The molecule has 6 heteroatoms. The summed E-state index contributed by atoms with van der Waals surface area (Å²) in [5, 5.41) is 1.96. The van der Waals surface area contributed by atoms with Crippen molar-refractivity contribution in [3.05, 3.63) is 40.3 Å². The van der Waals surface area contributed by atoms with Crippen molar-refractivity contribution < 1.29 is 14.3 Å². The number of hydrogen-bond acceptors (Lipinski definition) is 5. The van der Waals surface area contributed by atoms with Gasteiger partial charge in [0.05, 0.1) is 18.3 Å². The van der Waals surface area contributed by atoms with Gasteiger partial charge in [-0.25, -0.2) is 4.98 Å². The Kier molecular flexibility index (Phi) is 6.38. The molecule has 1 aromatic carbocycles. The summed E-state index contributed by atoms with van der Waals surface area (Å²) in [6.45, 7) is 2.67. The van der Waals surface area contributed by atoms with Gasteiger partial charge >= 0.3 is 0 Å². The van der Waals surface area contributed by atoms with E-state index in [0.717, 1.165) is 37.3 Å². The van der Waals surface area contributed by atoms with Crippen LogP contribution in [0.2, 0.25) is 0 Å². The molecule has 2 saturated carbocycles. The van der Waals surface area contributed by atoms with E-state index < -0.39 is 0 Å². The molecule has 0 atom stereocenters. The minimum Gasteiger partial charge on any atom is -0.493 e. The van der Waals surface area contributed by atoms with Crippen LogP contribution in [0.3, 0.4) is 0 Å². The van der Waals surface area contributed by atoms with Crippen molar-refractivity contribution in [3.63, 3.8) is 0 Å². The summed E-state index contributed by atoms with van der Waals surface area (Å²) in [6, 6.07) is 6.33. The maximum absolute atomic E-state index is 13.4. The summed E-state index contributed by atoms with van der Waals surface area (Å²) in [7, 11) is 1.62. The number of ether oxygens (including phenoxy) is 2. The fourth-order valence-electron chi connectivity index (χ4n) is 4.34. The smallest absolute Gasteiger partial charge is 0.254 e. The first kappa shape index (κ1) is 20.2. The van der Waals surface area contributed by atoms with E-state index in [1.54, 1.807) is 24.0 Å². The summed E-state index contributed by atoms with van der Waals surface area (Å²) >= 11 is 1.55. The Morgan fingerprint density at radius 1 is 1.14 bits per heavy atom. The number of hydrogen-bond donors (Lipinski definition) is 0. The number of thiazole rings is 1. The molecule has 2 aromatic rings. The van der Waals surface area contributed by atoms with Crippen molar-refractivity contribution in [1.82, 2.24) is 9.88 Å². The van der Waals surface area contributed by atoms with Gasteiger partial charge in [0.25, 0.3) is 5.91 Å². The zero-order chi connectivity index (χ0) is 20.2. The molecule has 0 N–H and O–H groups in total. The van der Waals surface area contributed by atoms with Crippen LogP contribution in [-0.4, -0.2) is 35.0 Å². The molecule has 1 amide bonds. The highest BCUT2D eigenvalue weighted by atomic mass is 32.1. The van der Waals surface area contributed by atoms with Gasteiger partial charge in [-0.3, -0.25) is 4.79 Å². The Morgan fingerprint density at radius 2 is 1.86 bits per heavy atom. The first-order chi connectivity index (χ1) is 14.2. The molecule has 0 aliphatic heterocycles. The highest BCUT2D eigenvalue weighted by molar-refractivity contribution is 7.07. The minimum absolute atomic E-state index is 0.136. The molecule has 4 rings (SSSR count). The van der Waals surface area contributed by atoms with E-state index in [1.807, 2.05) is 23.6 Å². The molecule has 0 saturated heterocycles. The molecule has 0 unspecified atom stereocenters. The predicted octanol–water partition coefficient (Wildman–Crippen LogP) is 5.30. The van der Waals surface area contributed by atoms with Gasteiger partial charge in [0.1, 0.15) is 6.61 Å². The van der Waals surface area contributed by atoms with Crippen LogP contribution in [0.25, 0.3) is 0 Å². The average Bonchev–Trinajstić information content (AvgIpc) is 3.45. The van der Waals surface area contributed by atoms with Crippen LogP contribution in [0.4, 0.5) is 0 Å². The summed E-state index contributed by atoms with van der Waals surface area (Å²) in [5.41, 5.74) is 3.37. The second-order valence-electron chi connectivity index (χ2n) is 8.16. The van der Waals surface area contributed by atoms with Gasteiger partial charge in [-0.2, -0.15) is 0 Å². The van der Waals surface area contributed by atoms with Crippen molar-refractivity contribution >= 4 is 17.2 Å². The Morgan fingerprint density at radius 3 is 2.45 bits per heavy atom. The quantitative estimate of drug-likeness (QED) is 0.588. The normalized spacial score (nSPS) is 21.6. The Balaban J connectivity index is 1.47. The maximum atomic E-state index is 13.4. The lowest BCUT2D eigenvalue weighted by molar-refractivity contribution is 0.0586. The maximum Gasteiger partial charge on any atom is 0.254 e. The third kappa shape index (κ3) is 4.74. The van der Waals surface area contributed by atoms with E-state index >= 15 is 0 Å².